The normalized spacial score (nSPS) is 13.8. The quantitative estimate of drug-likeness (QED) is 0.874. The van der Waals surface area contributed by atoms with Crippen LogP contribution in [0.25, 0.3) is 11.0 Å². The van der Waals surface area contributed by atoms with Crippen LogP contribution in [0, 0.1) is 22.7 Å². The molecule has 90 valence electrons. The Labute approximate surface area is 105 Å². The Morgan fingerprint density at radius 1 is 1.39 bits per heavy atom. The summed E-state index contributed by atoms with van der Waals surface area (Å²) in [4.78, 5) is 4.40. The van der Waals surface area contributed by atoms with Crippen molar-refractivity contribution in [1.29, 1.82) is 10.5 Å². The minimum Gasteiger partial charge on any atom is -0.324 e. The van der Waals surface area contributed by atoms with Crippen molar-refractivity contribution in [2.75, 3.05) is 0 Å². The fourth-order valence-electron chi connectivity index (χ4n) is 1.87. The number of imidazole rings is 1. The summed E-state index contributed by atoms with van der Waals surface area (Å²) >= 11 is 0. The lowest BCUT2D eigenvalue weighted by atomic mass is 10.1. The topological polar surface area (TPSA) is 91.4 Å². The van der Waals surface area contributed by atoms with Gasteiger partial charge in [-0.2, -0.15) is 10.5 Å². The van der Waals surface area contributed by atoms with Crippen molar-refractivity contribution in [3.05, 3.63) is 30.1 Å². The molecular weight excluding hydrogens is 226 g/mol. The van der Waals surface area contributed by atoms with Crippen molar-refractivity contribution >= 4 is 11.0 Å². The lowest BCUT2D eigenvalue weighted by Crippen LogP contribution is -2.39. The van der Waals surface area contributed by atoms with Crippen molar-refractivity contribution in [3.8, 4) is 12.1 Å². The van der Waals surface area contributed by atoms with Crippen LogP contribution in [0.15, 0.2) is 24.3 Å². The molecular formula is C13H13N5. The molecule has 0 fully saturated rings. The van der Waals surface area contributed by atoms with Crippen LogP contribution >= 0.6 is 0 Å². The fourth-order valence-corrected chi connectivity index (χ4v) is 1.87. The van der Waals surface area contributed by atoms with Gasteiger partial charge in [0.1, 0.15) is 11.4 Å². The number of benzene rings is 1. The predicted octanol–water partition coefficient (Wildman–Crippen LogP) is 1.34. The minimum absolute atomic E-state index is 0.205. The second-order valence-electron chi connectivity index (χ2n) is 4.47. The summed E-state index contributed by atoms with van der Waals surface area (Å²) in [6, 6.07) is 11.7. The maximum Gasteiger partial charge on any atom is 0.124 e. The van der Waals surface area contributed by atoms with Crippen molar-refractivity contribution in [2.45, 2.75) is 25.4 Å². The molecule has 0 radical (unpaired) electrons. The molecule has 2 rings (SSSR count). The van der Waals surface area contributed by atoms with Gasteiger partial charge in [-0.3, -0.25) is 0 Å². The number of aromatic nitrogens is 2. The highest BCUT2D eigenvalue weighted by atomic mass is 15.1. The van der Waals surface area contributed by atoms with Crippen LogP contribution in [-0.2, 0) is 13.0 Å². The molecule has 0 saturated carbocycles. The zero-order valence-corrected chi connectivity index (χ0v) is 10.1. The van der Waals surface area contributed by atoms with E-state index in [1.807, 2.05) is 28.8 Å². The molecule has 2 N–H and O–H groups in total. The smallest absolute Gasteiger partial charge is 0.124 e. The lowest BCUT2D eigenvalue weighted by Gasteiger charge is -2.18. The molecule has 0 aliphatic rings. The Kier molecular flexibility index (Phi) is 3.01. The molecule has 5 nitrogen and oxygen atoms in total. The second-order valence-corrected chi connectivity index (χ2v) is 4.47. The van der Waals surface area contributed by atoms with Gasteiger partial charge in [0, 0.05) is 0 Å². The van der Waals surface area contributed by atoms with Crippen LogP contribution in [0.3, 0.4) is 0 Å². The van der Waals surface area contributed by atoms with Gasteiger partial charge in [-0.1, -0.05) is 12.1 Å². The van der Waals surface area contributed by atoms with Gasteiger partial charge < -0.3 is 10.3 Å². The van der Waals surface area contributed by atoms with E-state index in [9.17, 15) is 0 Å². The molecule has 0 saturated heterocycles. The van der Waals surface area contributed by atoms with Crippen LogP contribution in [0.2, 0.25) is 0 Å². The molecule has 18 heavy (non-hydrogen) atoms. The molecule has 1 atom stereocenters. The van der Waals surface area contributed by atoms with Gasteiger partial charge >= 0.3 is 0 Å². The third kappa shape index (κ3) is 2.17. The van der Waals surface area contributed by atoms with Gasteiger partial charge in [0.05, 0.1) is 36.1 Å². The maximum atomic E-state index is 9.01. The molecule has 0 aliphatic carbocycles. The second kappa shape index (κ2) is 4.48. The first-order chi connectivity index (χ1) is 8.57. The van der Waals surface area contributed by atoms with Crippen molar-refractivity contribution in [3.63, 3.8) is 0 Å². The number of para-hydroxylation sites is 2. The van der Waals surface area contributed by atoms with Crippen molar-refractivity contribution in [1.82, 2.24) is 9.55 Å². The number of nitrogens with two attached hydrogens (primary N) is 1. The summed E-state index contributed by atoms with van der Waals surface area (Å²) in [5, 5.41) is 17.8. The summed E-state index contributed by atoms with van der Waals surface area (Å²) in [5.74, 6) is 0.644. The summed E-state index contributed by atoms with van der Waals surface area (Å²) < 4.78 is 1.85. The average Bonchev–Trinajstić information content (AvgIpc) is 2.68. The molecule has 1 aromatic heterocycles. The summed E-state index contributed by atoms with van der Waals surface area (Å²) in [6.07, 6.45) is 0.205. The van der Waals surface area contributed by atoms with Gasteiger partial charge in [0.25, 0.3) is 0 Å². The van der Waals surface area contributed by atoms with E-state index >= 15 is 0 Å². The molecule has 1 heterocycles. The van der Waals surface area contributed by atoms with E-state index in [4.69, 9.17) is 16.3 Å². The number of hydrogen-bond acceptors (Lipinski definition) is 4. The minimum atomic E-state index is -0.978. The number of rotatable bonds is 3. The highest BCUT2D eigenvalue weighted by molar-refractivity contribution is 5.76. The van der Waals surface area contributed by atoms with E-state index in [0.29, 0.717) is 12.4 Å². The molecule has 0 aliphatic heterocycles. The fraction of sp³-hybridized carbons (Fsp3) is 0.308. The first kappa shape index (κ1) is 12.1. The maximum absolute atomic E-state index is 9.01. The van der Waals surface area contributed by atoms with Crippen molar-refractivity contribution < 1.29 is 0 Å². The van der Waals surface area contributed by atoms with Crippen LogP contribution in [0.1, 0.15) is 12.7 Å². The Morgan fingerprint density at radius 3 is 2.78 bits per heavy atom. The number of fused-ring (bicyclic) bond motifs is 1. The number of nitrogens with zero attached hydrogens (tertiary/aromatic N) is 4. The third-order valence-electron chi connectivity index (χ3n) is 2.71. The van der Waals surface area contributed by atoms with Crippen molar-refractivity contribution in [2.24, 2.45) is 5.73 Å². The summed E-state index contributed by atoms with van der Waals surface area (Å²) in [6.45, 7) is 1.99. The van der Waals surface area contributed by atoms with Gasteiger partial charge in [0.2, 0.25) is 0 Å². The SMILES string of the molecule is CC(N)(C#N)Cn1c(CC#N)nc2ccccc21. The largest absolute Gasteiger partial charge is 0.324 e. The highest BCUT2D eigenvalue weighted by Gasteiger charge is 2.21. The molecule has 1 unspecified atom stereocenters. The molecule has 1 aromatic carbocycles. The van der Waals surface area contributed by atoms with Gasteiger partial charge in [-0.05, 0) is 19.1 Å². The number of nitriles is 2. The zero-order chi connectivity index (χ0) is 13.2. The van der Waals surface area contributed by atoms with E-state index in [0.717, 1.165) is 11.0 Å². The zero-order valence-electron chi connectivity index (χ0n) is 10.1. The van der Waals surface area contributed by atoms with Gasteiger partial charge in [0.15, 0.2) is 0 Å². The monoisotopic (exact) mass is 239 g/mol. The van der Waals surface area contributed by atoms with E-state index < -0.39 is 5.54 Å². The van der Waals surface area contributed by atoms with Crippen LogP contribution in [-0.4, -0.2) is 15.1 Å². The number of hydrogen-bond donors (Lipinski definition) is 1. The van der Waals surface area contributed by atoms with Crippen LogP contribution in [0.5, 0.6) is 0 Å². The van der Waals surface area contributed by atoms with E-state index in [-0.39, 0.29) is 6.42 Å². The van der Waals surface area contributed by atoms with E-state index in [1.54, 1.807) is 6.92 Å². The highest BCUT2D eigenvalue weighted by Crippen LogP contribution is 2.18. The Hall–Kier alpha value is -2.37. The van der Waals surface area contributed by atoms with Gasteiger partial charge in [-0.25, -0.2) is 4.98 Å². The average molecular weight is 239 g/mol. The van der Waals surface area contributed by atoms with Gasteiger partial charge in [-0.15, -0.1) is 0 Å². The Morgan fingerprint density at radius 2 is 2.11 bits per heavy atom. The first-order valence-electron chi connectivity index (χ1n) is 5.58. The molecule has 2 aromatic rings. The molecule has 0 amide bonds. The third-order valence-corrected chi connectivity index (χ3v) is 2.71. The first-order valence-corrected chi connectivity index (χ1v) is 5.58. The van der Waals surface area contributed by atoms with Crippen LogP contribution < -0.4 is 5.73 Å². The Balaban J connectivity index is 2.56. The summed E-state index contributed by atoms with van der Waals surface area (Å²) in [7, 11) is 0. The Bertz CT molecular complexity index is 654. The standard InChI is InChI=1S/C13H13N5/c1-13(16,8-15)9-18-11-5-3-2-4-10(11)17-12(18)6-7-14/h2-5H,6,9,16H2,1H3. The van der Waals surface area contributed by atoms with Crippen LogP contribution in [0.4, 0.5) is 0 Å². The van der Waals surface area contributed by atoms with E-state index in [1.165, 1.54) is 0 Å². The molecule has 0 bridgehead atoms. The molecule has 0 spiro atoms. The predicted molar refractivity (Wildman–Crippen MR) is 67.3 cm³/mol. The molecule has 5 heteroatoms. The van der Waals surface area contributed by atoms with E-state index in [2.05, 4.69) is 17.1 Å². The summed E-state index contributed by atoms with van der Waals surface area (Å²) in [5.41, 5.74) is 6.61. The lowest BCUT2D eigenvalue weighted by molar-refractivity contribution is 0.492.